The third kappa shape index (κ3) is 2.86. The fourth-order valence-corrected chi connectivity index (χ4v) is 5.51. The van der Waals surface area contributed by atoms with E-state index >= 15 is 0 Å². The van der Waals surface area contributed by atoms with E-state index < -0.39 is 0 Å². The van der Waals surface area contributed by atoms with Crippen molar-refractivity contribution in [2.45, 2.75) is 19.3 Å². The van der Waals surface area contributed by atoms with Crippen LogP contribution in [0, 0.1) is 11.3 Å². The predicted octanol–water partition coefficient (Wildman–Crippen LogP) is 3.27. The molecular formula is C16H16N2Te. The van der Waals surface area contributed by atoms with Crippen molar-refractivity contribution in [1.29, 1.82) is 5.26 Å². The molecule has 0 N–H and O–H groups in total. The van der Waals surface area contributed by atoms with E-state index in [1.54, 1.807) is 3.70 Å². The van der Waals surface area contributed by atoms with Crippen molar-refractivity contribution in [1.82, 2.24) is 0 Å². The fourth-order valence-electron chi connectivity index (χ4n) is 2.48. The zero-order chi connectivity index (χ0) is 13.1. The topological polar surface area (TPSA) is 27.0 Å². The van der Waals surface area contributed by atoms with E-state index in [4.69, 9.17) is 5.26 Å². The SMILES string of the molecule is N#Cc1ccc(-c2ccc(N3CCCCC3)[te]2)cc1. The molecule has 1 aromatic carbocycles. The van der Waals surface area contributed by atoms with Crippen LogP contribution in [0.25, 0.3) is 9.14 Å². The number of hydrogen-bond donors (Lipinski definition) is 0. The Bertz CT molecular complexity index is 586. The standard InChI is InChI=1S/C16H16N2Te/c17-12-13-4-6-14(7-5-13)15-8-9-16(19-15)18-10-2-1-3-11-18/h4-9H,1-3,10-11H2. The molecule has 3 rings (SSSR count). The van der Waals surface area contributed by atoms with Gasteiger partial charge in [0.1, 0.15) is 0 Å². The molecule has 2 heterocycles. The molecular weight excluding hydrogens is 348 g/mol. The summed E-state index contributed by atoms with van der Waals surface area (Å²) in [5.41, 5.74) is 2.04. The van der Waals surface area contributed by atoms with Gasteiger partial charge in [0.2, 0.25) is 0 Å². The van der Waals surface area contributed by atoms with Gasteiger partial charge in [-0.15, -0.1) is 0 Å². The summed E-state index contributed by atoms with van der Waals surface area (Å²) >= 11 is -0.238. The molecule has 1 fully saturated rings. The van der Waals surface area contributed by atoms with E-state index in [9.17, 15) is 0 Å². The quantitative estimate of drug-likeness (QED) is 0.766. The second-order valence-corrected chi connectivity index (χ2v) is 7.91. The molecule has 1 aliphatic rings. The maximum absolute atomic E-state index is 8.83. The molecule has 0 bridgehead atoms. The van der Waals surface area contributed by atoms with Crippen LogP contribution >= 0.6 is 0 Å². The maximum atomic E-state index is 8.83. The summed E-state index contributed by atoms with van der Waals surface area (Å²) in [5.74, 6) is 0. The van der Waals surface area contributed by atoms with Gasteiger partial charge in [0.25, 0.3) is 0 Å². The van der Waals surface area contributed by atoms with E-state index in [0.29, 0.717) is 0 Å². The summed E-state index contributed by atoms with van der Waals surface area (Å²) in [6, 6.07) is 14.8. The molecule has 19 heavy (non-hydrogen) atoms. The first-order valence-electron chi connectivity index (χ1n) is 6.72. The summed E-state index contributed by atoms with van der Waals surface area (Å²) in [6.07, 6.45) is 4.08. The Morgan fingerprint density at radius 2 is 1.68 bits per heavy atom. The van der Waals surface area contributed by atoms with Gasteiger partial charge in [-0.2, -0.15) is 0 Å². The Kier molecular flexibility index (Phi) is 3.92. The number of piperidine rings is 1. The summed E-state index contributed by atoms with van der Waals surface area (Å²) < 4.78 is 3.08. The molecule has 0 atom stereocenters. The van der Waals surface area contributed by atoms with Crippen LogP contribution < -0.4 is 4.90 Å². The zero-order valence-corrected chi connectivity index (χ0v) is 13.1. The molecule has 3 heteroatoms. The Morgan fingerprint density at radius 1 is 0.947 bits per heavy atom. The van der Waals surface area contributed by atoms with Crippen LogP contribution in [0.4, 0.5) is 3.70 Å². The van der Waals surface area contributed by atoms with Crippen LogP contribution in [-0.2, 0) is 0 Å². The van der Waals surface area contributed by atoms with Gasteiger partial charge in [0.15, 0.2) is 0 Å². The van der Waals surface area contributed by atoms with Crippen LogP contribution in [-0.4, -0.2) is 33.5 Å². The van der Waals surface area contributed by atoms with Gasteiger partial charge in [-0.1, -0.05) is 0 Å². The van der Waals surface area contributed by atoms with Gasteiger partial charge >= 0.3 is 124 Å². The molecule has 0 unspecified atom stereocenters. The molecule has 0 radical (unpaired) electrons. The number of hydrogen-bond acceptors (Lipinski definition) is 2. The van der Waals surface area contributed by atoms with Gasteiger partial charge in [-0.3, -0.25) is 0 Å². The minimum atomic E-state index is -0.238. The van der Waals surface area contributed by atoms with Crippen molar-refractivity contribution in [2.75, 3.05) is 18.0 Å². The second-order valence-electron chi connectivity index (χ2n) is 4.87. The number of benzene rings is 1. The molecule has 0 spiro atoms. The summed E-state index contributed by atoms with van der Waals surface area (Å²) in [4.78, 5) is 2.58. The van der Waals surface area contributed by atoms with Crippen molar-refractivity contribution in [3.8, 4) is 15.2 Å². The van der Waals surface area contributed by atoms with Gasteiger partial charge in [0.05, 0.1) is 0 Å². The van der Waals surface area contributed by atoms with E-state index in [0.717, 1.165) is 5.56 Å². The number of anilines is 1. The first kappa shape index (κ1) is 12.8. The van der Waals surface area contributed by atoms with Crippen molar-refractivity contribution in [2.24, 2.45) is 0 Å². The van der Waals surface area contributed by atoms with Gasteiger partial charge < -0.3 is 0 Å². The first-order valence-corrected chi connectivity index (χ1v) is 9.05. The molecule has 0 amide bonds. The molecule has 2 nitrogen and oxygen atoms in total. The van der Waals surface area contributed by atoms with Crippen LogP contribution in [0.3, 0.4) is 0 Å². The van der Waals surface area contributed by atoms with E-state index in [1.807, 2.05) is 12.1 Å². The van der Waals surface area contributed by atoms with E-state index in [2.05, 4.69) is 35.2 Å². The van der Waals surface area contributed by atoms with Gasteiger partial charge in [-0.25, -0.2) is 0 Å². The van der Waals surface area contributed by atoms with Crippen molar-refractivity contribution in [3.05, 3.63) is 42.0 Å². The summed E-state index contributed by atoms with van der Waals surface area (Å²) in [6.45, 7) is 2.48. The number of rotatable bonds is 2. The molecule has 1 aliphatic heterocycles. The van der Waals surface area contributed by atoms with Gasteiger partial charge in [0, 0.05) is 0 Å². The molecule has 1 aromatic heterocycles. The molecule has 2 aromatic rings. The minimum absolute atomic E-state index is 0.238. The Hall–Kier alpha value is -1.22. The van der Waals surface area contributed by atoms with Crippen LogP contribution in [0.15, 0.2) is 36.4 Å². The number of nitriles is 1. The molecule has 0 aliphatic carbocycles. The van der Waals surface area contributed by atoms with Crippen molar-refractivity contribution < 1.29 is 0 Å². The summed E-state index contributed by atoms with van der Waals surface area (Å²) in [5, 5.41) is 8.83. The zero-order valence-electron chi connectivity index (χ0n) is 10.8. The molecule has 96 valence electrons. The molecule has 0 saturated carbocycles. The predicted molar refractivity (Wildman–Crippen MR) is 79.6 cm³/mol. The fraction of sp³-hybridized carbons (Fsp3) is 0.312. The third-order valence-corrected chi connectivity index (χ3v) is 6.97. The van der Waals surface area contributed by atoms with Crippen molar-refractivity contribution in [3.63, 3.8) is 0 Å². The second kappa shape index (κ2) is 5.83. The van der Waals surface area contributed by atoms with Crippen LogP contribution in [0.5, 0.6) is 0 Å². The monoisotopic (exact) mass is 366 g/mol. The van der Waals surface area contributed by atoms with Crippen molar-refractivity contribution >= 4 is 24.1 Å². The normalized spacial score (nSPS) is 15.2. The van der Waals surface area contributed by atoms with Crippen LogP contribution in [0.2, 0.25) is 0 Å². The third-order valence-electron chi connectivity index (χ3n) is 3.56. The van der Waals surface area contributed by atoms with Crippen LogP contribution in [0.1, 0.15) is 24.8 Å². The number of nitrogens with zero attached hydrogens (tertiary/aromatic N) is 2. The van der Waals surface area contributed by atoms with Gasteiger partial charge in [-0.05, 0) is 0 Å². The van der Waals surface area contributed by atoms with E-state index in [-0.39, 0.29) is 20.4 Å². The summed E-state index contributed by atoms with van der Waals surface area (Å²) in [7, 11) is 0. The van der Waals surface area contributed by atoms with E-state index in [1.165, 1.54) is 41.5 Å². The Balaban J connectivity index is 1.81. The Morgan fingerprint density at radius 3 is 2.37 bits per heavy atom. The molecule has 1 saturated heterocycles. The average Bonchev–Trinajstić information content (AvgIpc) is 2.98. The Labute approximate surface area is 123 Å². The average molecular weight is 364 g/mol. The first-order chi connectivity index (χ1) is 9.36.